The molecular weight excluding hydrogens is 534 g/mol. The fourth-order valence-electron chi connectivity index (χ4n) is 3.13. The van der Waals surface area contributed by atoms with E-state index in [0.717, 1.165) is 10.0 Å². The van der Waals surface area contributed by atoms with E-state index in [2.05, 4.69) is 20.9 Å². The summed E-state index contributed by atoms with van der Waals surface area (Å²) in [5, 5.41) is 0.613. The summed E-state index contributed by atoms with van der Waals surface area (Å²) in [7, 11) is 0. The topological polar surface area (TPSA) is 74.2 Å². The molecule has 0 bridgehead atoms. The summed E-state index contributed by atoms with van der Waals surface area (Å²) in [5.41, 5.74) is 2.29. The molecule has 0 aromatic heterocycles. The number of esters is 2. The number of cyclic esters (lactones) is 1. The van der Waals surface area contributed by atoms with Crippen molar-refractivity contribution in [3.05, 3.63) is 105 Å². The lowest BCUT2D eigenvalue weighted by Crippen LogP contribution is -2.06. The lowest BCUT2D eigenvalue weighted by molar-refractivity contribution is -0.130. The fourth-order valence-corrected chi connectivity index (χ4v) is 3.52. The second-order valence-electron chi connectivity index (χ2n) is 7.29. The first-order valence-electron chi connectivity index (χ1n) is 10.6. The zero-order valence-electron chi connectivity index (χ0n) is 18.5. The van der Waals surface area contributed by atoms with Crippen molar-refractivity contribution >= 4 is 57.5 Å². The standard InChI is InChI=1S/C27H19BrClNO5/c1-2-33-24-16-18(15-22-27(32)35-26(30-22)19-7-9-20(28)10-8-19)5-13-23(24)34-25(31)14-6-17-3-11-21(29)12-4-17/h3-16H,2H2,1H3/b14-6+,22-15-. The summed E-state index contributed by atoms with van der Waals surface area (Å²) in [4.78, 5) is 29.0. The Bertz CT molecular complexity index is 1340. The van der Waals surface area contributed by atoms with Crippen molar-refractivity contribution in [1.29, 1.82) is 0 Å². The minimum atomic E-state index is -0.560. The number of hydrogen-bond donors (Lipinski definition) is 0. The highest BCUT2D eigenvalue weighted by Crippen LogP contribution is 2.30. The molecule has 0 atom stereocenters. The molecule has 1 aliphatic rings. The normalized spacial score (nSPS) is 14.2. The van der Waals surface area contributed by atoms with Crippen LogP contribution in [0.5, 0.6) is 11.5 Å². The molecule has 8 heteroatoms. The second-order valence-corrected chi connectivity index (χ2v) is 8.64. The molecule has 3 aromatic rings. The molecule has 3 aromatic carbocycles. The van der Waals surface area contributed by atoms with Gasteiger partial charge in [0.2, 0.25) is 5.90 Å². The monoisotopic (exact) mass is 551 g/mol. The van der Waals surface area contributed by atoms with Gasteiger partial charge in [0.15, 0.2) is 17.2 Å². The Morgan fingerprint density at radius 3 is 2.46 bits per heavy atom. The Balaban J connectivity index is 1.52. The SMILES string of the molecule is CCOc1cc(/C=C2\N=C(c3ccc(Br)cc3)OC2=O)ccc1OC(=O)/C=C/c1ccc(Cl)cc1. The van der Waals surface area contributed by atoms with Crippen LogP contribution in [-0.2, 0) is 14.3 Å². The van der Waals surface area contributed by atoms with E-state index in [0.29, 0.717) is 28.5 Å². The molecule has 1 heterocycles. The van der Waals surface area contributed by atoms with Crippen LogP contribution in [0.3, 0.4) is 0 Å². The van der Waals surface area contributed by atoms with Crippen LogP contribution in [0.25, 0.3) is 12.2 Å². The lowest BCUT2D eigenvalue weighted by Gasteiger charge is -2.10. The Morgan fingerprint density at radius 1 is 1.03 bits per heavy atom. The third-order valence-electron chi connectivity index (χ3n) is 4.78. The first-order chi connectivity index (χ1) is 16.9. The zero-order valence-corrected chi connectivity index (χ0v) is 20.9. The van der Waals surface area contributed by atoms with Crippen LogP contribution in [0.4, 0.5) is 0 Å². The molecule has 1 aliphatic heterocycles. The predicted octanol–water partition coefficient (Wildman–Crippen LogP) is 6.46. The van der Waals surface area contributed by atoms with E-state index in [1.165, 1.54) is 6.08 Å². The Morgan fingerprint density at radius 2 is 1.74 bits per heavy atom. The maximum Gasteiger partial charge on any atom is 0.363 e. The number of carbonyl (C=O) groups excluding carboxylic acids is 2. The summed E-state index contributed by atoms with van der Waals surface area (Å²) in [6.45, 7) is 2.18. The van der Waals surface area contributed by atoms with Crippen molar-refractivity contribution in [1.82, 2.24) is 0 Å². The molecule has 0 saturated carbocycles. The van der Waals surface area contributed by atoms with Gasteiger partial charge in [-0.05, 0) is 78.7 Å². The number of aliphatic imine (C=N–C) groups is 1. The average molecular weight is 553 g/mol. The van der Waals surface area contributed by atoms with Crippen LogP contribution in [-0.4, -0.2) is 24.4 Å². The molecule has 0 radical (unpaired) electrons. The zero-order chi connectivity index (χ0) is 24.8. The van der Waals surface area contributed by atoms with Gasteiger partial charge in [-0.15, -0.1) is 0 Å². The fraction of sp³-hybridized carbons (Fsp3) is 0.0741. The predicted molar refractivity (Wildman–Crippen MR) is 138 cm³/mol. The first kappa shape index (κ1) is 24.4. The van der Waals surface area contributed by atoms with Gasteiger partial charge in [-0.2, -0.15) is 0 Å². The quantitative estimate of drug-likeness (QED) is 0.191. The van der Waals surface area contributed by atoms with Crippen molar-refractivity contribution < 1.29 is 23.8 Å². The number of carbonyl (C=O) groups is 2. The molecule has 0 unspecified atom stereocenters. The Labute approximate surface area is 215 Å². The van der Waals surface area contributed by atoms with Gasteiger partial charge in [0.05, 0.1) is 6.61 Å². The van der Waals surface area contributed by atoms with E-state index in [4.69, 9.17) is 25.8 Å². The highest BCUT2D eigenvalue weighted by molar-refractivity contribution is 9.10. The summed E-state index contributed by atoms with van der Waals surface area (Å²) in [5.74, 6) is -0.262. The molecule has 176 valence electrons. The molecule has 0 fully saturated rings. The number of rotatable bonds is 7. The van der Waals surface area contributed by atoms with Crippen LogP contribution in [0.1, 0.15) is 23.6 Å². The van der Waals surface area contributed by atoms with Gasteiger partial charge in [0, 0.05) is 21.1 Å². The molecule has 0 spiro atoms. The van der Waals surface area contributed by atoms with E-state index in [-0.39, 0.29) is 17.3 Å². The number of halogens is 2. The summed E-state index contributed by atoms with van der Waals surface area (Å²) in [6.07, 6.45) is 4.54. The summed E-state index contributed by atoms with van der Waals surface area (Å²) < 4.78 is 17.3. The minimum Gasteiger partial charge on any atom is -0.490 e. The largest absolute Gasteiger partial charge is 0.490 e. The molecule has 0 N–H and O–H groups in total. The Hall–Kier alpha value is -3.68. The van der Waals surface area contributed by atoms with Crippen LogP contribution in [0, 0.1) is 0 Å². The Kier molecular flexibility index (Phi) is 7.80. The van der Waals surface area contributed by atoms with Gasteiger partial charge in [0.1, 0.15) is 0 Å². The van der Waals surface area contributed by atoms with E-state index in [1.54, 1.807) is 66.7 Å². The van der Waals surface area contributed by atoms with E-state index < -0.39 is 11.9 Å². The minimum absolute atomic E-state index is 0.154. The van der Waals surface area contributed by atoms with Crippen LogP contribution in [0.15, 0.2) is 88.0 Å². The molecule has 0 saturated heterocycles. The first-order valence-corrected chi connectivity index (χ1v) is 11.8. The average Bonchev–Trinajstić information content (AvgIpc) is 3.21. The second kappa shape index (κ2) is 11.2. The molecular formula is C27H19BrClNO5. The van der Waals surface area contributed by atoms with Gasteiger partial charge in [-0.3, -0.25) is 0 Å². The van der Waals surface area contributed by atoms with Crippen molar-refractivity contribution in [2.24, 2.45) is 4.99 Å². The van der Waals surface area contributed by atoms with Crippen LogP contribution < -0.4 is 9.47 Å². The molecule has 0 amide bonds. The van der Waals surface area contributed by atoms with Gasteiger partial charge >= 0.3 is 11.9 Å². The number of nitrogens with zero attached hydrogens (tertiary/aromatic N) is 1. The maximum absolute atomic E-state index is 12.3. The highest BCUT2D eigenvalue weighted by atomic mass is 79.9. The summed E-state index contributed by atoms with van der Waals surface area (Å²) >= 11 is 9.25. The smallest absolute Gasteiger partial charge is 0.363 e. The third-order valence-corrected chi connectivity index (χ3v) is 5.56. The lowest BCUT2D eigenvalue weighted by atomic mass is 10.1. The summed E-state index contributed by atoms with van der Waals surface area (Å²) in [6, 6.07) is 19.3. The van der Waals surface area contributed by atoms with Gasteiger partial charge in [-0.1, -0.05) is 45.7 Å². The molecule has 0 aliphatic carbocycles. The van der Waals surface area contributed by atoms with Crippen molar-refractivity contribution in [3.63, 3.8) is 0 Å². The highest BCUT2D eigenvalue weighted by Gasteiger charge is 2.24. The van der Waals surface area contributed by atoms with Crippen molar-refractivity contribution in [2.45, 2.75) is 6.92 Å². The number of ether oxygens (including phenoxy) is 3. The van der Waals surface area contributed by atoms with Crippen LogP contribution >= 0.6 is 27.5 Å². The van der Waals surface area contributed by atoms with Gasteiger partial charge < -0.3 is 14.2 Å². The molecule has 4 rings (SSSR count). The third kappa shape index (κ3) is 6.47. The maximum atomic E-state index is 12.3. The number of hydrogen-bond acceptors (Lipinski definition) is 6. The van der Waals surface area contributed by atoms with Gasteiger partial charge in [0.25, 0.3) is 0 Å². The van der Waals surface area contributed by atoms with Crippen molar-refractivity contribution in [3.8, 4) is 11.5 Å². The van der Waals surface area contributed by atoms with E-state index in [1.807, 2.05) is 19.1 Å². The van der Waals surface area contributed by atoms with E-state index in [9.17, 15) is 9.59 Å². The molecule has 6 nitrogen and oxygen atoms in total. The molecule has 35 heavy (non-hydrogen) atoms. The van der Waals surface area contributed by atoms with Crippen LogP contribution in [0.2, 0.25) is 5.02 Å². The van der Waals surface area contributed by atoms with E-state index >= 15 is 0 Å². The van der Waals surface area contributed by atoms with Gasteiger partial charge in [-0.25, -0.2) is 14.6 Å². The van der Waals surface area contributed by atoms with Crippen molar-refractivity contribution in [2.75, 3.05) is 6.61 Å². The number of benzene rings is 3.